The average Bonchev–Trinajstić information content (AvgIpc) is 3.13. The van der Waals surface area contributed by atoms with Crippen molar-refractivity contribution in [2.75, 3.05) is 13.9 Å². The smallest absolute Gasteiger partial charge is 0.231 e. The number of aryl methyl sites for hydroxylation is 1. The van der Waals surface area contributed by atoms with Crippen LogP contribution in [0, 0.1) is 6.92 Å². The minimum Gasteiger partial charge on any atom is -0.496 e. The molecule has 0 spiro atoms. The largest absolute Gasteiger partial charge is 0.496 e. The molecule has 1 N–H and O–H groups in total. The van der Waals surface area contributed by atoms with Crippen molar-refractivity contribution < 1.29 is 23.8 Å². The van der Waals surface area contributed by atoms with Gasteiger partial charge in [0, 0.05) is 12.8 Å². The highest BCUT2D eigenvalue weighted by molar-refractivity contribution is 6.00. The van der Waals surface area contributed by atoms with Crippen LogP contribution in [-0.2, 0) is 4.79 Å². The number of benzene rings is 2. The van der Waals surface area contributed by atoms with Crippen molar-refractivity contribution in [2.45, 2.75) is 32.7 Å². The van der Waals surface area contributed by atoms with Crippen molar-refractivity contribution >= 4 is 11.7 Å². The van der Waals surface area contributed by atoms with Crippen LogP contribution in [0.1, 0.15) is 47.3 Å². The van der Waals surface area contributed by atoms with Gasteiger partial charge in [0.25, 0.3) is 0 Å². The molecule has 0 saturated carbocycles. The summed E-state index contributed by atoms with van der Waals surface area (Å²) in [4.78, 5) is 24.7. The average molecular weight is 369 g/mol. The number of carbonyl (C=O) groups is 2. The molecule has 2 aromatic rings. The highest BCUT2D eigenvalue weighted by atomic mass is 16.7. The van der Waals surface area contributed by atoms with Gasteiger partial charge in [0.15, 0.2) is 17.3 Å². The molecule has 0 radical (unpaired) electrons. The third kappa shape index (κ3) is 4.39. The Morgan fingerprint density at radius 2 is 1.89 bits per heavy atom. The Hall–Kier alpha value is -3.02. The lowest BCUT2D eigenvalue weighted by Crippen LogP contribution is -2.27. The predicted molar refractivity (Wildman–Crippen MR) is 100 cm³/mol. The number of amides is 1. The zero-order chi connectivity index (χ0) is 19.4. The number of rotatable bonds is 7. The molecule has 27 heavy (non-hydrogen) atoms. The molecule has 1 heterocycles. The molecule has 6 nitrogen and oxygen atoms in total. The highest BCUT2D eigenvalue weighted by Gasteiger charge is 2.18. The third-order valence-corrected chi connectivity index (χ3v) is 4.51. The van der Waals surface area contributed by atoms with E-state index in [9.17, 15) is 9.59 Å². The number of ketones is 1. The number of Topliss-reactive ketones (excluding diaryl/α,β-unsaturated/α-hetero) is 1. The number of fused-ring (bicyclic) bond motifs is 1. The summed E-state index contributed by atoms with van der Waals surface area (Å²) < 4.78 is 15.9. The molecular formula is C21H23NO5. The van der Waals surface area contributed by atoms with E-state index in [1.54, 1.807) is 12.1 Å². The summed E-state index contributed by atoms with van der Waals surface area (Å²) >= 11 is 0. The quantitative estimate of drug-likeness (QED) is 0.755. The first-order chi connectivity index (χ1) is 13.0. The molecule has 0 bridgehead atoms. The van der Waals surface area contributed by atoms with Gasteiger partial charge in [-0.1, -0.05) is 17.7 Å². The molecule has 0 aliphatic carbocycles. The van der Waals surface area contributed by atoms with Gasteiger partial charge in [-0.15, -0.1) is 0 Å². The number of hydrogen-bond acceptors (Lipinski definition) is 5. The van der Waals surface area contributed by atoms with Crippen LogP contribution in [-0.4, -0.2) is 25.6 Å². The summed E-state index contributed by atoms with van der Waals surface area (Å²) in [5.74, 6) is 1.62. The number of hydrogen-bond donors (Lipinski definition) is 1. The molecule has 2 aromatic carbocycles. The van der Waals surface area contributed by atoms with Crippen LogP contribution in [0.2, 0.25) is 0 Å². The molecule has 142 valence electrons. The van der Waals surface area contributed by atoms with E-state index in [1.807, 2.05) is 38.1 Å². The Morgan fingerprint density at radius 3 is 2.67 bits per heavy atom. The van der Waals surface area contributed by atoms with Gasteiger partial charge in [-0.05, 0) is 43.7 Å². The molecule has 0 fully saturated rings. The summed E-state index contributed by atoms with van der Waals surface area (Å²) in [6.07, 6.45) is 0.240. The molecule has 0 aromatic heterocycles. The van der Waals surface area contributed by atoms with Crippen LogP contribution in [0.3, 0.4) is 0 Å². The monoisotopic (exact) mass is 369 g/mol. The standard InChI is InChI=1S/C21H23NO5/c1-13-4-7-18(25-3)16(10-13)17(23)6-9-21(24)22-14(2)15-5-8-19-20(11-15)27-12-26-19/h4-5,7-8,10-11,14H,6,9,12H2,1-3H3,(H,22,24). The second kappa shape index (κ2) is 8.12. The van der Waals surface area contributed by atoms with Crippen LogP contribution in [0.15, 0.2) is 36.4 Å². The van der Waals surface area contributed by atoms with Gasteiger partial charge in [-0.3, -0.25) is 9.59 Å². The SMILES string of the molecule is COc1ccc(C)cc1C(=O)CCC(=O)NC(C)c1ccc2c(c1)OCO2. The summed E-state index contributed by atoms with van der Waals surface area (Å²) in [6.45, 7) is 4.01. The summed E-state index contributed by atoms with van der Waals surface area (Å²) in [5, 5.41) is 2.92. The first-order valence-corrected chi connectivity index (χ1v) is 8.84. The summed E-state index contributed by atoms with van der Waals surface area (Å²) in [6, 6.07) is 10.8. The van der Waals surface area contributed by atoms with E-state index in [1.165, 1.54) is 7.11 Å². The zero-order valence-electron chi connectivity index (χ0n) is 15.7. The van der Waals surface area contributed by atoms with E-state index >= 15 is 0 Å². The Bertz CT molecular complexity index is 862. The fourth-order valence-corrected chi connectivity index (χ4v) is 2.98. The molecule has 1 aliphatic rings. The van der Waals surface area contributed by atoms with Crippen molar-refractivity contribution in [2.24, 2.45) is 0 Å². The van der Waals surface area contributed by atoms with Gasteiger partial charge in [-0.25, -0.2) is 0 Å². The Morgan fingerprint density at radius 1 is 1.11 bits per heavy atom. The van der Waals surface area contributed by atoms with Crippen molar-refractivity contribution in [3.63, 3.8) is 0 Å². The van der Waals surface area contributed by atoms with Crippen LogP contribution >= 0.6 is 0 Å². The van der Waals surface area contributed by atoms with E-state index in [0.717, 1.165) is 11.1 Å². The molecule has 1 aliphatic heterocycles. The molecular weight excluding hydrogens is 346 g/mol. The van der Waals surface area contributed by atoms with Crippen molar-refractivity contribution in [3.8, 4) is 17.2 Å². The van der Waals surface area contributed by atoms with Gasteiger partial charge < -0.3 is 19.5 Å². The number of ether oxygens (including phenoxy) is 3. The molecule has 3 rings (SSSR count). The maximum atomic E-state index is 12.5. The Balaban J connectivity index is 1.56. The number of methoxy groups -OCH3 is 1. The van der Waals surface area contributed by atoms with Gasteiger partial charge in [0.2, 0.25) is 12.7 Å². The molecule has 6 heteroatoms. The lowest BCUT2D eigenvalue weighted by molar-refractivity contribution is -0.121. The topological polar surface area (TPSA) is 73.9 Å². The fraction of sp³-hybridized carbons (Fsp3) is 0.333. The highest BCUT2D eigenvalue weighted by Crippen LogP contribution is 2.34. The van der Waals surface area contributed by atoms with Crippen LogP contribution in [0.25, 0.3) is 0 Å². The second-order valence-electron chi connectivity index (χ2n) is 6.53. The van der Waals surface area contributed by atoms with E-state index < -0.39 is 0 Å². The fourth-order valence-electron chi connectivity index (χ4n) is 2.98. The van der Waals surface area contributed by atoms with Crippen molar-refractivity contribution in [1.82, 2.24) is 5.32 Å². The number of carbonyl (C=O) groups excluding carboxylic acids is 2. The maximum Gasteiger partial charge on any atom is 0.231 e. The first kappa shape index (κ1) is 18.8. The predicted octanol–water partition coefficient (Wildman–Crippen LogP) is 3.57. The van der Waals surface area contributed by atoms with Crippen molar-refractivity contribution in [3.05, 3.63) is 53.1 Å². The van der Waals surface area contributed by atoms with E-state index in [2.05, 4.69) is 5.32 Å². The van der Waals surface area contributed by atoms with Gasteiger partial charge in [-0.2, -0.15) is 0 Å². The minimum atomic E-state index is -0.199. The maximum absolute atomic E-state index is 12.5. The van der Waals surface area contributed by atoms with Gasteiger partial charge in [0.1, 0.15) is 5.75 Å². The van der Waals surface area contributed by atoms with Crippen LogP contribution in [0.5, 0.6) is 17.2 Å². The van der Waals surface area contributed by atoms with Crippen LogP contribution < -0.4 is 19.5 Å². The Kier molecular flexibility index (Phi) is 5.64. The molecule has 1 amide bonds. The minimum absolute atomic E-state index is 0.110. The second-order valence-corrected chi connectivity index (χ2v) is 6.53. The summed E-state index contributed by atoms with van der Waals surface area (Å²) in [7, 11) is 1.53. The number of nitrogens with one attached hydrogen (secondary N) is 1. The van der Waals surface area contributed by atoms with Crippen LogP contribution in [0.4, 0.5) is 0 Å². The third-order valence-electron chi connectivity index (χ3n) is 4.51. The zero-order valence-corrected chi connectivity index (χ0v) is 15.7. The normalized spacial score (nSPS) is 13.1. The van der Waals surface area contributed by atoms with Crippen molar-refractivity contribution in [1.29, 1.82) is 0 Å². The Labute approximate surface area is 158 Å². The molecule has 0 saturated heterocycles. The summed E-state index contributed by atoms with van der Waals surface area (Å²) in [5.41, 5.74) is 2.40. The van der Waals surface area contributed by atoms with E-state index in [4.69, 9.17) is 14.2 Å². The molecule has 1 atom stereocenters. The lowest BCUT2D eigenvalue weighted by Gasteiger charge is -2.15. The lowest BCUT2D eigenvalue weighted by atomic mass is 10.0. The van der Waals surface area contributed by atoms with E-state index in [-0.39, 0.29) is 37.4 Å². The van der Waals surface area contributed by atoms with E-state index in [0.29, 0.717) is 22.8 Å². The molecule has 1 unspecified atom stereocenters. The first-order valence-electron chi connectivity index (χ1n) is 8.84. The van der Waals surface area contributed by atoms with Gasteiger partial charge in [0.05, 0.1) is 18.7 Å². The van der Waals surface area contributed by atoms with Gasteiger partial charge >= 0.3 is 0 Å².